The summed E-state index contributed by atoms with van der Waals surface area (Å²) < 4.78 is 24.0. The molecule has 1 aliphatic carbocycles. The average molecular weight is 429 g/mol. The quantitative estimate of drug-likeness (QED) is 0.423. The largest absolute Gasteiger partial charge is 0.493 e. The second kappa shape index (κ2) is 9.65. The van der Waals surface area contributed by atoms with Gasteiger partial charge in [0.1, 0.15) is 5.82 Å². The second-order valence-electron chi connectivity index (χ2n) is 7.73. The lowest BCUT2D eigenvalue weighted by Gasteiger charge is -2.17. The number of hydrogen-bond donors (Lipinski definition) is 0. The minimum Gasteiger partial charge on any atom is -0.493 e. The number of benzene rings is 3. The van der Waals surface area contributed by atoms with Crippen LogP contribution in [0.3, 0.4) is 0 Å². The van der Waals surface area contributed by atoms with Crippen molar-refractivity contribution in [2.45, 2.75) is 19.3 Å². The molecule has 0 atom stereocenters. The topological polar surface area (TPSA) is 35.5 Å². The number of hydrogen-bond acceptors (Lipinski definition) is 3. The maximum atomic E-state index is 13.2. The van der Waals surface area contributed by atoms with E-state index >= 15 is 0 Å². The zero-order valence-corrected chi connectivity index (χ0v) is 18.2. The molecule has 0 bridgehead atoms. The van der Waals surface area contributed by atoms with Gasteiger partial charge in [-0.15, -0.1) is 0 Å². The lowest BCUT2D eigenvalue weighted by atomic mass is 9.86. The fraction of sp³-hybridized carbons (Fsp3) is 0.179. The average Bonchev–Trinajstić information content (AvgIpc) is 2.82. The van der Waals surface area contributed by atoms with Crippen molar-refractivity contribution in [2.24, 2.45) is 0 Å². The van der Waals surface area contributed by atoms with Crippen LogP contribution in [0.15, 0.2) is 77.9 Å². The summed E-state index contributed by atoms with van der Waals surface area (Å²) >= 11 is 0. The van der Waals surface area contributed by atoms with Gasteiger partial charge in [0.2, 0.25) is 0 Å². The molecule has 0 amide bonds. The number of Topliss-reactive ketones (excluding diaryl/α,β-unsaturated/α-hetero) is 1. The van der Waals surface area contributed by atoms with Gasteiger partial charge >= 0.3 is 0 Å². The van der Waals surface area contributed by atoms with Crippen LogP contribution in [0.5, 0.6) is 11.5 Å². The molecule has 3 nitrogen and oxygen atoms in total. The molecule has 1 fully saturated rings. The monoisotopic (exact) mass is 428 g/mol. The molecule has 162 valence electrons. The van der Waals surface area contributed by atoms with Crippen molar-refractivity contribution in [3.05, 3.63) is 94.8 Å². The van der Waals surface area contributed by atoms with Gasteiger partial charge in [0.25, 0.3) is 0 Å². The van der Waals surface area contributed by atoms with E-state index in [-0.39, 0.29) is 11.6 Å². The van der Waals surface area contributed by atoms with Crippen LogP contribution in [0.25, 0.3) is 23.3 Å². The first-order valence-corrected chi connectivity index (χ1v) is 10.6. The number of allylic oxidation sites excluding steroid dienone is 2. The Morgan fingerprint density at radius 3 is 2.03 bits per heavy atom. The summed E-state index contributed by atoms with van der Waals surface area (Å²) in [6, 6.07) is 20.0. The summed E-state index contributed by atoms with van der Waals surface area (Å²) in [5.74, 6) is 1.09. The van der Waals surface area contributed by atoms with Gasteiger partial charge in [0, 0.05) is 16.7 Å². The predicted octanol–water partition coefficient (Wildman–Crippen LogP) is 6.73. The van der Waals surface area contributed by atoms with Crippen molar-refractivity contribution < 1.29 is 18.7 Å². The molecule has 4 rings (SSSR count). The van der Waals surface area contributed by atoms with Crippen LogP contribution in [0.4, 0.5) is 4.39 Å². The fourth-order valence-corrected chi connectivity index (χ4v) is 4.01. The third kappa shape index (κ3) is 4.65. The summed E-state index contributed by atoms with van der Waals surface area (Å²) in [6.07, 6.45) is 6.29. The highest BCUT2D eigenvalue weighted by molar-refractivity contribution is 6.14. The Kier molecular flexibility index (Phi) is 6.50. The van der Waals surface area contributed by atoms with Gasteiger partial charge in [-0.1, -0.05) is 48.5 Å². The van der Waals surface area contributed by atoms with Gasteiger partial charge < -0.3 is 9.47 Å². The highest BCUT2D eigenvalue weighted by atomic mass is 19.1. The zero-order chi connectivity index (χ0) is 22.5. The third-order valence-corrected chi connectivity index (χ3v) is 5.67. The summed E-state index contributed by atoms with van der Waals surface area (Å²) in [7, 11) is 3.20. The molecule has 0 saturated heterocycles. The highest BCUT2D eigenvalue weighted by Crippen LogP contribution is 2.35. The Hall–Kier alpha value is -3.66. The molecule has 0 heterocycles. The number of para-hydroxylation sites is 1. The van der Waals surface area contributed by atoms with Gasteiger partial charge in [0.05, 0.1) is 14.2 Å². The van der Waals surface area contributed by atoms with Crippen molar-refractivity contribution in [2.75, 3.05) is 14.2 Å². The molecule has 1 aliphatic rings. The molecular weight excluding hydrogens is 403 g/mol. The Morgan fingerprint density at radius 2 is 1.41 bits per heavy atom. The Morgan fingerprint density at radius 1 is 0.781 bits per heavy atom. The first-order valence-electron chi connectivity index (χ1n) is 10.6. The van der Waals surface area contributed by atoms with E-state index in [0.29, 0.717) is 11.5 Å². The first kappa shape index (κ1) is 21.6. The second-order valence-corrected chi connectivity index (χ2v) is 7.73. The minimum absolute atomic E-state index is 0.0729. The molecule has 0 spiro atoms. The fourth-order valence-electron chi connectivity index (χ4n) is 4.01. The maximum absolute atomic E-state index is 13.2. The van der Waals surface area contributed by atoms with Crippen molar-refractivity contribution in [1.82, 2.24) is 0 Å². The number of rotatable bonds is 5. The van der Waals surface area contributed by atoms with Crippen LogP contribution >= 0.6 is 0 Å². The van der Waals surface area contributed by atoms with Crippen molar-refractivity contribution >= 4 is 17.9 Å². The van der Waals surface area contributed by atoms with E-state index in [9.17, 15) is 9.18 Å². The Bertz CT molecular complexity index is 1170. The summed E-state index contributed by atoms with van der Waals surface area (Å²) in [5, 5.41) is 0. The van der Waals surface area contributed by atoms with E-state index in [4.69, 9.17) is 9.47 Å². The zero-order valence-electron chi connectivity index (χ0n) is 18.2. The standard InChI is InChI=1S/C28H25FO3/c1-31-26-8-4-7-24(28(26)32-2)18-23-6-3-5-22(27(23)30)17-19-9-11-20(12-10-19)21-13-15-25(29)16-14-21/h4,7-18H,3,5-6H2,1-2H3/b22-17+,23-18+. The Labute approximate surface area is 187 Å². The lowest BCUT2D eigenvalue weighted by Crippen LogP contribution is -2.12. The van der Waals surface area contributed by atoms with E-state index in [1.807, 2.05) is 54.6 Å². The number of ether oxygens (including phenoxy) is 2. The molecule has 3 aromatic rings. The maximum Gasteiger partial charge on any atom is 0.185 e. The van der Waals surface area contributed by atoms with Gasteiger partial charge in [-0.25, -0.2) is 4.39 Å². The minimum atomic E-state index is -0.249. The molecule has 0 aliphatic heterocycles. The van der Waals surface area contributed by atoms with E-state index in [1.165, 1.54) is 12.1 Å². The molecule has 0 N–H and O–H groups in total. The van der Waals surface area contributed by atoms with E-state index < -0.39 is 0 Å². The Balaban J connectivity index is 1.58. The van der Waals surface area contributed by atoms with E-state index in [1.54, 1.807) is 26.4 Å². The molecule has 4 heteroatoms. The predicted molar refractivity (Wildman–Crippen MR) is 126 cm³/mol. The molecule has 1 saturated carbocycles. The van der Waals surface area contributed by atoms with Gasteiger partial charge in [0.15, 0.2) is 17.3 Å². The summed E-state index contributed by atoms with van der Waals surface area (Å²) in [4.78, 5) is 13.2. The van der Waals surface area contributed by atoms with Crippen LogP contribution in [0, 0.1) is 5.82 Å². The molecular formula is C28H25FO3. The molecule has 0 aromatic heterocycles. The SMILES string of the molecule is COc1cccc(/C=C2\CCC/C(=C\c3ccc(-c4ccc(F)cc4)cc3)C2=O)c1OC. The number of ketones is 1. The molecule has 0 unspecified atom stereocenters. The molecule has 3 aromatic carbocycles. The third-order valence-electron chi connectivity index (χ3n) is 5.67. The van der Waals surface area contributed by atoms with Crippen molar-refractivity contribution in [1.29, 1.82) is 0 Å². The van der Waals surface area contributed by atoms with Crippen LogP contribution in [-0.4, -0.2) is 20.0 Å². The molecule has 32 heavy (non-hydrogen) atoms. The van der Waals surface area contributed by atoms with Crippen LogP contribution in [-0.2, 0) is 4.79 Å². The summed E-state index contributed by atoms with van der Waals surface area (Å²) in [6.45, 7) is 0. The number of carbonyl (C=O) groups excluding carboxylic acids is 1. The van der Waals surface area contributed by atoms with Crippen LogP contribution in [0.2, 0.25) is 0 Å². The highest BCUT2D eigenvalue weighted by Gasteiger charge is 2.21. The normalized spacial score (nSPS) is 16.4. The van der Waals surface area contributed by atoms with Crippen LogP contribution < -0.4 is 9.47 Å². The number of carbonyl (C=O) groups is 1. The van der Waals surface area contributed by atoms with Crippen molar-refractivity contribution in [3.63, 3.8) is 0 Å². The summed E-state index contributed by atoms with van der Waals surface area (Å²) in [5.41, 5.74) is 5.35. The first-order chi connectivity index (χ1) is 15.6. The number of methoxy groups -OCH3 is 2. The smallest absolute Gasteiger partial charge is 0.185 e. The van der Waals surface area contributed by atoms with E-state index in [2.05, 4.69) is 0 Å². The van der Waals surface area contributed by atoms with Gasteiger partial charge in [-0.3, -0.25) is 4.79 Å². The number of halogens is 1. The van der Waals surface area contributed by atoms with Crippen molar-refractivity contribution in [3.8, 4) is 22.6 Å². The van der Waals surface area contributed by atoms with Crippen LogP contribution in [0.1, 0.15) is 30.4 Å². The molecule has 0 radical (unpaired) electrons. The lowest BCUT2D eigenvalue weighted by molar-refractivity contribution is -0.112. The van der Waals surface area contributed by atoms with Gasteiger partial charge in [-0.2, -0.15) is 0 Å². The van der Waals surface area contributed by atoms with Gasteiger partial charge in [-0.05, 0) is 66.3 Å². The van der Waals surface area contributed by atoms with E-state index in [0.717, 1.165) is 52.7 Å².